The molecule has 4 nitrogen and oxygen atoms in total. The molecule has 0 amide bonds. The zero-order valence-electron chi connectivity index (χ0n) is 15.9. The molecule has 2 saturated carbocycles. The van der Waals surface area contributed by atoms with E-state index in [2.05, 4.69) is 23.4 Å². The summed E-state index contributed by atoms with van der Waals surface area (Å²) in [5.74, 6) is 3.32. The van der Waals surface area contributed by atoms with Crippen molar-refractivity contribution in [3.8, 4) is 5.75 Å². The van der Waals surface area contributed by atoms with Gasteiger partial charge in [-0.05, 0) is 91.7 Å². The van der Waals surface area contributed by atoms with Crippen molar-refractivity contribution in [3.63, 3.8) is 0 Å². The lowest BCUT2D eigenvalue weighted by Crippen LogP contribution is -2.42. The van der Waals surface area contributed by atoms with Gasteiger partial charge >= 0.3 is 0 Å². The number of hydrazone groups is 1. The standard InChI is InChI=1S/C23H27N3O/c1-23-12-11-18-17-8-6-16(27)14-15(17)5-7-19(18)20(23)9-10-21(23)25-26-22-4-2-3-13-24-22/h2-4,6,8,13-14,18-20,27H,5,7,9-12H2,1H3,(H,24,26)/b25-21+/t18-,19-,20+,23+/m1/s1. The zero-order valence-corrected chi connectivity index (χ0v) is 15.9. The number of phenolic OH excluding ortho intramolecular Hbond substituents is 1. The molecule has 5 rings (SSSR count). The molecule has 0 saturated heterocycles. The zero-order chi connectivity index (χ0) is 18.4. The molecule has 0 aliphatic heterocycles. The molecule has 2 fully saturated rings. The molecule has 1 aromatic carbocycles. The summed E-state index contributed by atoms with van der Waals surface area (Å²) in [7, 11) is 0. The van der Waals surface area contributed by atoms with Crippen molar-refractivity contribution in [2.24, 2.45) is 22.4 Å². The van der Waals surface area contributed by atoms with Gasteiger partial charge in [0.05, 0.1) is 0 Å². The number of hydrogen-bond donors (Lipinski definition) is 2. The van der Waals surface area contributed by atoms with Crippen LogP contribution in [-0.4, -0.2) is 15.8 Å². The van der Waals surface area contributed by atoms with E-state index in [9.17, 15) is 5.11 Å². The first-order chi connectivity index (χ1) is 13.1. The second-order valence-corrected chi connectivity index (χ2v) is 8.68. The average Bonchev–Trinajstić information content (AvgIpc) is 3.03. The third kappa shape index (κ3) is 2.73. The quantitative estimate of drug-likeness (QED) is 0.731. The largest absolute Gasteiger partial charge is 0.508 e. The summed E-state index contributed by atoms with van der Waals surface area (Å²) >= 11 is 0. The van der Waals surface area contributed by atoms with Crippen molar-refractivity contribution in [1.82, 2.24) is 4.98 Å². The van der Waals surface area contributed by atoms with Crippen molar-refractivity contribution in [2.75, 3.05) is 5.43 Å². The van der Waals surface area contributed by atoms with Crippen LogP contribution in [0.4, 0.5) is 5.82 Å². The number of hydrogen-bond acceptors (Lipinski definition) is 4. The first kappa shape index (κ1) is 16.8. The smallest absolute Gasteiger partial charge is 0.146 e. The van der Waals surface area contributed by atoms with Gasteiger partial charge in [-0.15, -0.1) is 0 Å². The van der Waals surface area contributed by atoms with Gasteiger partial charge in [-0.2, -0.15) is 5.10 Å². The Balaban J connectivity index is 1.40. The van der Waals surface area contributed by atoms with Crippen LogP contribution in [0.3, 0.4) is 0 Å². The van der Waals surface area contributed by atoms with Gasteiger partial charge in [-0.25, -0.2) is 4.98 Å². The number of aryl methyl sites for hydroxylation is 1. The van der Waals surface area contributed by atoms with Crippen LogP contribution in [0, 0.1) is 17.3 Å². The van der Waals surface area contributed by atoms with E-state index in [0.29, 0.717) is 17.6 Å². The Hall–Kier alpha value is -2.36. The summed E-state index contributed by atoms with van der Waals surface area (Å²) in [6.45, 7) is 2.44. The normalized spacial score (nSPS) is 33.2. The predicted octanol–water partition coefficient (Wildman–Crippen LogP) is 5.11. The molecule has 3 aliphatic carbocycles. The number of rotatable bonds is 2. The third-order valence-electron chi connectivity index (χ3n) is 7.42. The topological polar surface area (TPSA) is 57.5 Å². The molecule has 0 radical (unpaired) electrons. The van der Waals surface area contributed by atoms with Crippen molar-refractivity contribution in [1.29, 1.82) is 0 Å². The second-order valence-electron chi connectivity index (χ2n) is 8.68. The van der Waals surface area contributed by atoms with Gasteiger partial charge in [-0.3, -0.25) is 5.43 Å². The Morgan fingerprint density at radius 2 is 2.07 bits per heavy atom. The lowest BCUT2D eigenvalue weighted by atomic mass is 9.55. The van der Waals surface area contributed by atoms with E-state index in [0.717, 1.165) is 24.6 Å². The Morgan fingerprint density at radius 1 is 1.15 bits per heavy atom. The van der Waals surface area contributed by atoms with Crippen LogP contribution in [0.2, 0.25) is 0 Å². The Morgan fingerprint density at radius 3 is 2.93 bits per heavy atom. The molecular formula is C23H27N3O. The van der Waals surface area contributed by atoms with Crippen molar-refractivity contribution >= 4 is 11.5 Å². The first-order valence-corrected chi connectivity index (χ1v) is 10.2. The van der Waals surface area contributed by atoms with Crippen LogP contribution in [0.25, 0.3) is 0 Å². The number of phenols is 1. The van der Waals surface area contributed by atoms with Crippen LogP contribution in [0.1, 0.15) is 56.1 Å². The maximum atomic E-state index is 9.84. The number of anilines is 1. The summed E-state index contributed by atoms with van der Waals surface area (Å²) in [5, 5.41) is 14.6. The molecule has 0 bridgehead atoms. The Labute approximate surface area is 160 Å². The number of aromatic nitrogens is 1. The van der Waals surface area contributed by atoms with E-state index in [1.54, 1.807) is 6.20 Å². The summed E-state index contributed by atoms with van der Waals surface area (Å²) in [6.07, 6.45) is 8.88. The van der Waals surface area contributed by atoms with E-state index in [-0.39, 0.29) is 5.41 Å². The first-order valence-electron chi connectivity index (χ1n) is 10.2. The molecule has 2 aromatic rings. The van der Waals surface area contributed by atoms with Crippen molar-refractivity contribution < 1.29 is 5.11 Å². The molecule has 140 valence electrons. The van der Waals surface area contributed by atoms with Gasteiger partial charge in [0, 0.05) is 17.3 Å². The number of fused-ring (bicyclic) bond motifs is 5. The molecule has 1 heterocycles. The van der Waals surface area contributed by atoms with Gasteiger partial charge in [0.15, 0.2) is 0 Å². The van der Waals surface area contributed by atoms with E-state index >= 15 is 0 Å². The fraction of sp³-hybridized carbons (Fsp3) is 0.478. The Kier molecular flexibility index (Phi) is 3.96. The highest BCUT2D eigenvalue weighted by molar-refractivity contribution is 5.93. The number of aromatic hydroxyl groups is 1. The molecule has 4 heteroatoms. The number of nitrogens with one attached hydrogen (secondary N) is 1. The fourth-order valence-corrected chi connectivity index (χ4v) is 6.09. The van der Waals surface area contributed by atoms with Crippen LogP contribution < -0.4 is 5.43 Å². The SMILES string of the molecule is C[C@]12CC[C@@H]3c4ccc(O)cc4CC[C@H]3[C@@H]1CC/C2=N\Nc1ccccn1. The van der Waals surface area contributed by atoms with Crippen molar-refractivity contribution in [2.45, 2.75) is 51.4 Å². The summed E-state index contributed by atoms with van der Waals surface area (Å²) in [4.78, 5) is 4.33. The van der Waals surface area contributed by atoms with E-state index in [1.165, 1.54) is 42.5 Å². The maximum Gasteiger partial charge on any atom is 0.146 e. The minimum absolute atomic E-state index is 0.206. The lowest BCUT2D eigenvalue weighted by molar-refractivity contribution is 0.0956. The van der Waals surface area contributed by atoms with Crippen molar-refractivity contribution in [3.05, 3.63) is 53.7 Å². The molecule has 3 aliphatic rings. The fourth-order valence-electron chi connectivity index (χ4n) is 6.09. The molecule has 1 aromatic heterocycles. The average molecular weight is 361 g/mol. The number of pyridine rings is 1. The van der Waals surface area contributed by atoms with E-state index in [1.807, 2.05) is 30.3 Å². The highest BCUT2D eigenvalue weighted by atomic mass is 16.3. The summed E-state index contributed by atoms with van der Waals surface area (Å²) in [6, 6.07) is 11.9. The predicted molar refractivity (Wildman–Crippen MR) is 108 cm³/mol. The molecule has 0 spiro atoms. The Bertz CT molecular complexity index is 878. The van der Waals surface area contributed by atoms with Gasteiger partial charge in [0.25, 0.3) is 0 Å². The van der Waals surface area contributed by atoms with Gasteiger partial charge < -0.3 is 5.11 Å². The van der Waals surface area contributed by atoms with Crippen LogP contribution in [0.15, 0.2) is 47.7 Å². The number of benzene rings is 1. The highest BCUT2D eigenvalue weighted by Crippen LogP contribution is 2.59. The van der Waals surface area contributed by atoms with Gasteiger partial charge in [0.1, 0.15) is 11.6 Å². The summed E-state index contributed by atoms with van der Waals surface area (Å²) in [5.41, 5.74) is 7.57. The van der Waals surface area contributed by atoms with E-state index < -0.39 is 0 Å². The molecule has 4 atom stereocenters. The number of nitrogens with zero attached hydrogens (tertiary/aromatic N) is 2. The molecule has 2 N–H and O–H groups in total. The lowest BCUT2D eigenvalue weighted by Gasteiger charge is -2.49. The maximum absolute atomic E-state index is 9.84. The van der Waals surface area contributed by atoms with Crippen LogP contribution in [0.5, 0.6) is 5.75 Å². The van der Waals surface area contributed by atoms with Crippen LogP contribution >= 0.6 is 0 Å². The minimum atomic E-state index is 0.206. The molecule has 0 unspecified atom stereocenters. The second kappa shape index (κ2) is 6.36. The highest BCUT2D eigenvalue weighted by Gasteiger charge is 2.53. The molecular weight excluding hydrogens is 334 g/mol. The molecule has 27 heavy (non-hydrogen) atoms. The monoisotopic (exact) mass is 361 g/mol. The third-order valence-corrected chi connectivity index (χ3v) is 7.42. The van der Waals surface area contributed by atoms with Crippen LogP contribution in [-0.2, 0) is 6.42 Å². The summed E-state index contributed by atoms with van der Waals surface area (Å²) < 4.78 is 0. The van der Waals surface area contributed by atoms with Gasteiger partial charge in [-0.1, -0.05) is 19.1 Å². The minimum Gasteiger partial charge on any atom is -0.508 e. The van der Waals surface area contributed by atoms with Gasteiger partial charge in [0.2, 0.25) is 0 Å². The van der Waals surface area contributed by atoms with E-state index in [4.69, 9.17) is 5.10 Å².